The standard InChI is InChI=1S/C14H11F2N3O/c1-8-12-10(19-18-8)7-11(20-14(15)16)13(17-12)9-5-3-2-4-6-9/h2-7,14H,1H3,(H,18,19). The third kappa shape index (κ3) is 2.20. The summed E-state index contributed by atoms with van der Waals surface area (Å²) in [7, 11) is 0. The largest absolute Gasteiger partial charge is 0.432 e. The van der Waals surface area contributed by atoms with Crippen LogP contribution in [-0.2, 0) is 0 Å². The van der Waals surface area contributed by atoms with E-state index in [-0.39, 0.29) is 5.75 Å². The lowest BCUT2D eigenvalue weighted by molar-refractivity contribution is -0.0495. The molecular formula is C14H11F2N3O. The zero-order chi connectivity index (χ0) is 14.1. The van der Waals surface area contributed by atoms with Crippen molar-refractivity contribution in [1.29, 1.82) is 0 Å². The predicted molar refractivity (Wildman–Crippen MR) is 70.7 cm³/mol. The summed E-state index contributed by atoms with van der Waals surface area (Å²) in [6.45, 7) is -1.08. The minimum absolute atomic E-state index is 0.0187. The average Bonchev–Trinajstić information content (AvgIpc) is 2.79. The summed E-state index contributed by atoms with van der Waals surface area (Å²) < 4.78 is 29.7. The average molecular weight is 275 g/mol. The summed E-state index contributed by atoms with van der Waals surface area (Å²) in [6.07, 6.45) is 0. The highest BCUT2D eigenvalue weighted by Crippen LogP contribution is 2.32. The molecule has 4 nitrogen and oxygen atoms in total. The molecule has 0 saturated carbocycles. The summed E-state index contributed by atoms with van der Waals surface area (Å²) in [5.41, 5.74) is 3.01. The molecule has 0 atom stereocenters. The van der Waals surface area contributed by atoms with Gasteiger partial charge in [-0.25, -0.2) is 4.98 Å². The van der Waals surface area contributed by atoms with Gasteiger partial charge < -0.3 is 4.74 Å². The lowest BCUT2D eigenvalue weighted by Gasteiger charge is -2.10. The van der Waals surface area contributed by atoms with Crippen LogP contribution in [0, 0.1) is 6.92 Å². The highest BCUT2D eigenvalue weighted by Gasteiger charge is 2.16. The van der Waals surface area contributed by atoms with Gasteiger partial charge in [0.2, 0.25) is 0 Å². The fraction of sp³-hybridized carbons (Fsp3) is 0.143. The number of H-pyrrole nitrogens is 1. The molecule has 0 fully saturated rings. The van der Waals surface area contributed by atoms with Crippen molar-refractivity contribution in [3.63, 3.8) is 0 Å². The van der Waals surface area contributed by atoms with E-state index in [0.29, 0.717) is 22.3 Å². The summed E-state index contributed by atoms with van der Waals surface area (Å²) >= 11 is 0. The normalized spacial score (nSPS) is 11.2. The van der Waals surface area contributed by atoms with Crippen molar-refractivity contribution in [3.8, 4) is 17.0 Å². The van der Waals surface area contributed by atoms with Gasteiger partial charge in [-0.05, 0) is 6.92 Å². The van der Waals surface area contributed by atoms with Gasteiger partial charge in [-0.15, -0.1) is 0 Å². The van der Waals surface area contributed by atoms with Gasteiger partial charge in [0.1, 0.15) is 16.7 Å². The van der Waals surface area contributed by atoms with Gasteiger partial charge in [-0.2, -0.15) is 13.9 Å². The Morgan fingerprint density at radius 1 is 1.20 bits per heavy atom. The topological polar surface area (TPSA) is 50.8 Å². The molecule has 1 N–H and O–H groups in total. The maximum absolute atomic E-state index is 12.5. The van der Waals surface area contributed by atoms with Crippen LogP contribution in [-0.4, -0.2) is 21.8 Å². The number of hydrogen-bond donors (Lipinski definition) is 1. The highest BCUT2D eigenvalue weighted by atomic mass is 19.3. The van der Waals surface area contributed by atoms with Crippen LogP contribution in [0.3, 0.4) is 0 Å². The van der Waals surface area contributed by atoms with E-state index in [9.17, 15) is 8.78 Å². The maximum Gasteiger partial charge on any atom is 0.387 e. The number of fused-ring (bicyclic) bond motifs is 1. The number of nitrogens with zero attached hydrogens (tertiary/aromatic N) is 2. The van der Waals surface area contributed by atoms with Gasteiger partial charge >= 0.3 is 6.61 Å². The first-order valence-corrected chi connectivity index (χ1v) is 6.01. The van der Waals surface area contributed by atoms with Crippen LogP contribution in [0.15, 0.2) is 36.4 Å². The summed E-state index contributed by atoms with van der Waals surface area (Å²) in [6, 6.07) is 10.5. The van der Waals surface area contributed by atoms with E-state index in [1.807, 2.05) is 25.1 Å². The molecule has 0 spiro atoms. The molecule has 1 aromatic carbocycles. The molecule has 0 unspecified atom stereocenters. The van der Waals surface area contributed by atoms with Gasteiger partial charge in [0.25, 0.3) is 0 Å². The van der Waals surface area contributed by atoms with Crippen molar-refractivity contribution in [2.45, 2.75) is 13.5 Å². The Morgan fingerprint density at radius 2 is 1.95 bits per heavy atom. The monoisotopic (exact) mass is 275 g/mol. The lowest BCUT2D eigenvalue weighted by atomic mass is 10.1. The Bertz CT molecular complexity index is 741. The summed E-state index contributed by atoms with van der Waals surface area (Å²) in [5.74, 6) is 0.0187. The van der Waals surface area contributed by atoms with E-state index in [2.05, 4.69) is 19.9 Å². The number of aryl methyl sites for hydroxylation is 1. The molecule has 0 bridgehead atoms. The second-order valence-electron chi connectivity index (χ2n) is 4.30. The number of pyridine rings is 1. The minimum Gasteiger partial charge on any atom is -0.432 e. The molecule has 0 radical (unpaired) electrons. The van der Waals surface area contributed by atoms with E-state index in [4.69, 9.17) is 0 Å². The van der Waals surface area contributed by atoms with Crippen LogP contribution in [0.2, 0.25) is 0 Å². The number of alkyl halides is 2. The van der Waals surface area contributed by atoms with Gasteiger partial charge in [-0.1, -0.05) is 30.3 Å². The second-order valence-corrected chi connectivity index (χ2v) is 4.30. The number of halogens is 2. The van der Waals surface area contributed by atoms with Gasteiger partial charge in [0, 0.05) is 11.6 Å². The highest BCUT2D eigenvalue weighted by molar-refractivity contribution is 5.83. The Morgan fingerprint density at radius 3 is 2.65 bits per heavy atom. The molecule has 2 heterocycles. The molecule has 0 aliphatic heterocycles. The molecule has 0 amide bonds. The maximum atomic E-state index is 12.5. The predicted octanol–water partition coefficient (Wildman–Crippen LogP) is 3.53. The van der Waals surface area contributed by atoms with Crippen LogP contribution >= 0.6 is 0 Å². The van der Waals surface area contributed by atoms with E-state index in [0.717, 1.165) is 5.69 Å². The summed E-state index contributed by atoms with van der Waals surface area (Å²) in [4.78, 5) is 4.41. The van der Waals surface area contributed by atoms with Crippen LogP contribution in [0.25, 0.3) is 22.3 Å². The number of aromatic amines is 1. The Kier molecular flexibility index (Phi) is 3.06. The summed E-state index contributed by atoms with van der Waals surface area (Å²) in [5, 5.41) is 6.79. The van der Waals surface area contributed by atoms with Crippen molar-refractivity contribution in [2.24, 2.45) is 0 Å². The third-order valence-corrected chi connectivity index (χ3v) is 2.93. The van der Waals surface area contributed by atoms with Gasteiger partial charge in [0.15, 0.2) is 5.75 Å². The number of ether oxygens (including phenoxy) is 1. The first-order valence-electron chi connectivity index (χ1n) is 6.01. The van der Waals surface area contributed by atoms with Crippen LogP contribution in [0.4, 0.5) is 8.78 Å². The van der Waals surface area contributed by atoms with E-state index >= 15 is 0 Å². The minimum atomic E-state index is -2.91. The second kappa shape index (κ2) is 4.88. The molecule has 2 aromatic heterocycles. The van der Waals surface area contributed by atoms with Crippen molar-refractivity contribution < 1.29 is 13.5 Å². The molecule has 3 aromatic rings. The molecule has 102 valence electrons. The van der Waals surface area contributed by atoms with Crippen molar-refractivity contribution in [3.05, 3.63) is 42.1 Å². The molecule has 6 heteroatoms. The molecular weight excluding hydrogens is 264 g/mol. The zero-order valence-electron chi connectivity index (χ0n) is 10.6. The smallest absolute Gasteiger partial charge is 0.387 e. The molecule has 3 rings (SSSR count). The van der Waals surface area contributed by atoms with Gasteiger partial charge in [0.05, 0.1) is 5.69 Å². The van der Waals surface area contributed by atoms with Crippen molar-refractivity contribution in [1.82, 2.24) is 15.2 Å². The fourth-order valence-corrected chi connectivity index (χ4v) is 2.03. The first-order chi connectivity index (χ1) is 9.65. The van der Waals surface area contributed by atoms with E-state index in [1.165, 1.54) is 6.07 Å². The van der Waals surface area contributed by atoms with Crippen LogP contribution in [0.5, 0.6) is 5.75 Å². The van der Waals surface area contributed by atoms with Crippen LogP contribution in [0.1, 0.15) is 5.69 Å². The quantitative estimate of drug-likeness (QED) is 0.795. The molecule has 0 aliphatic carbocycles. The number of rotatable bonds is 3. The zero-order valence-corrected chi connectivity index (χ0v) is 10.6. The molecule has 0 aliphatic rings. The Balaban J connectivity index is 2.23. The van der Waals surface area contributed by atoms with E-state index < -0.39 is 6.61 Å². The number of hydrogen-bond acceptors (Lipinski definition) is 3. The Labute approximate surface area is 113 Å². The van der Waals surface area contributed by atoms with Gasteiger partial charge in [-0.3, -0.25) is 5.10 Å². The number of aromatic nitrogens is 3. The third-order valence-electron chi connectivity index (χ3n) is 2.93. The Hall–Kier alpha value is -2.50. The van der Waals surface area contributed by atoms with Crippen molar-refractivity contribution in [2.75, 3.05) is 0 Å². The van der Waals surface area contributed by atoms with E-state index in [1.54, 1.807) is 12.1 Å². The molecule has 0 saturated heterocycles. The number of nitrogens with one attached hydrogen (secondary N) is 1. The lowest BCUT2D eigenvalue weighted by Crippen LogP contribution is -2.04. The SMILES string of the molecule is Cc1[nH]nc2cc(OC(F)F)c(-c3ccccc3)nc12. The molecule has 20 heavy (non-hydrogen) atoms. The fourth-order valence-electron chi connectivity index (χ4n) is 2.03. The first kappa shape index (κ1) is 12.5. The number of benzene rings is 1. The van der Waals surface area contributed by atoms with Crippen LogP contribution < -0.4 is 4.74 Å². The van der Waals surface area contributed by atoms with Crippen molar-refractivity contribution >= 4 is 11.0 Å².